The molecule has 3 nitrogen and oxygen atoms in total. The smallest absolute Gasteiger partial charge is 0.0594 e. The molecule has 3 aromatic rings. The number of benzene rings is 1. The first-order valence-corrected chi connectivity index (χ1v) is 9.91. The van der Waals surface area contributed by atoms with Gasteiger partial charge in [0.05, 0.1) is 13.2 Å². The standard InChI is InChI=1S/C21H24N2OS/c1-2-7-20-18(6-1)19(9-8-17-5-3-4-11-22-17)21(25-20)10-12-23-13-15-24-16-14-23/h1-7,11H,8-10,12-16H2. The van der Waals surface area contributed by atoms with E-state index in [1.54, 1.807) is 4.88 Å². The zero-order valence-corrected chi connectivity index (χ0v) is 15.3. The normalized spacial score (nSPS) is 15.7. The molecule has 2 aromatic heterocycles. The summed E-state index contributed by atoms with van der Waals surface area (Å²) in [6.07, 6.45) is 5.10. The second-order valence-electron chi connectivity index (χ2n) is 6.53. The number of hydrogen-bond acceptors (Lipinski definition) is 4. The maximum Gasteiger partial charge on any atom is 0.0594 e. The molecule has 1 aliphatic heterocycles. The molecule has 1 saturated heterocycles. The number of thiophene rings is 1. The molecule has 4 rings (SSSR count). The third-order valence-electron chi connectivity index (χ3n) is 4.90. The number of fused-ring (bicyclic) bond motifs is 1. The van der Waals surface area contributed by atoms with Crippen molar-refractivity contribution in [2.24, 2.45) is 0 Å². The molecule has 1 fully saturated rings. The van der Waals surface area contributed by atoms with Gasteiger partial charge in [0.2, 0.25) is 0 Å². The van der Waals surface area contributed by atoms with Gasteiger partial charge < -0.3 is 4.74 Å². The second kappa shape index (κ2) is 8.09. The van der Waals surface area contributed by atoms with Crippen molar-refractivity contribution in [3.05, 3.63) is 64.8 Å². The van der Waals surface area contributed by atoms with Crippen molar-refractivity contribution < 1.29 is 4.74 Å². The van der Waals surface area contributed by atoms with Gasteiger partial charge in [-0.1, -0.05) is 24.3 Å². The summed E-state index contributed by atoms with van der Waals surface area (Å²) >= 11 is 1.97. The highest BCUT2D eigenvalue weighted by atomic mass is 32.1. The molecule has 0 spiro atoms. The monoisotopic (exact) mass is 352 g/mol. The van der Waals surface area contributed by atoms with Crippen molar-refractivity contribution in [3.8, 4) is 0 Å². The molecule has 1 aromatic carbocycles. The number of ether oxygens (including phenoxy) is 1. The Morgan fingerprint density at radius 2 is 1.80 bits per heavy atom. The first kappa shape index (κ1) is 16.7. The fourth-order valence-electron chi connectivity index (χ4n) is 3.51. The highest BCUT2D eigenvalue weighted by molar-refractivity contribution is 7.19. The summed E-state index contributed by atoms with van der Waals surface area (Å²) < 4.78 is 6.88. The topological polar surface area (TPSA) is 25.4 Å². The molecule has 0 atom stereocenters. The minimum absolute atomic E-state index is 0.874. The van der Waals surface area contributed by atoms with Crippen LogP contribution in [0.4, 0.5) is 0 Å². The van der Waals surface area contributed by atoms with Crippen LogP contribution in [-0.4, -0.2) is 42.7 Å². The van der Waals surface area contributed by atoms with E-state index >= 15 is 0 Å². The lowest BCUT2D eigenvalue weighted by Crippen LogP contribution is -2.37. The van der Waals surface area contributed by atoms with Gasteiger partial charge in [0.15, 0.2) is 0 Å². The highest BCUT2D eigenvalue weighted by Crippen LogP contribution is 2.32. The van der Waals surface area contributed by atoms with Crippen LogP contribution >= 0.6 is 11.3 Å². The lowest BCUT2D eigenvalue weighted by Gasteiger charge is -2.26. The summed E-state index contributed by atoms with van der Waals surface area (Å²) in [4.78, 5) is 8.56. The molecular weight excluding hydrogens is 328 g/mol. The van der Waals surface area contributed by atoms with E-state index in [4.69, 9.17) is 4.74 Å². The Kier molecular flexibility index (Phi) is 5.40. The maximum absolute atomic E-state index is 5.47. The summed E-state index contributed by atoms with van der Waals surface area (Å²) in [5.41, 5.74) is 2.71. The van der Waals surface area contributed by atoms with Gasteiger partial charge in [-0.15, -0.1) is 11.3 Å². The van der Waals surface area contributed by atoms with E-state index in [0.717, 1.165) is 52.1 Å². The number of nitrogens with zero attached hydrogens (tertiary/aromatic N) is 2. The van der Waals surface area contributed by atoms with Crippen molar-refractivity contribution in [2.75, 3.05) is 32.8 Å². The molecule has 25 heavy (non-hydrogen) atoms. The fourth-order valence-corrected chi connectivity index (χ4v) is 4.75. The predicted octanol–water partition coefficient (Wildman–Crippen LogP) is 3.96. The van der Waals surface area contributed by atoms with Gasteiger partial charge in [0.1, 0.15) is 0 Å². The van der Waals surface area contributed by atoms with Crippen LogP contribution < -0.4 is 0 Å². The van der Waals surface area contributed by atoms with Crippen LogP contribution in [0.2, 0.25) is 0 Å². The molecule has 4 heteroatoms. The van der Waals surface area contributed by atoms with Gasteiger partial charge >= 0.3 is 0 Å². The molecule has 0 amide bonds. The molecule has 3 heterocycles. The minimum atomic E-state index is 0.874. The Bertz CT molecular complexity index is 809. The van der Waals surface area contributed by atoms with Crippen molar-refractivity contribution in [1.29, 1.82) is 0 Å². The lowest BCUT2D eigenvalue weighted by molar-refractivity contribution is 0.0385. The Labute approximate surface area is 153 Å². The van der Waals surface area contributed by atoms with Gasteiger partial charge in [-0.25, -0.2) is 0 Å². The summed E-state index contributed by atoms with van der Waals surface area (Å²) in [6.45, 7) is 5.01. The Hall–Kier alpha value is -1.75. The number of aromatic nitrogens is 1. The average molecular weight is 353 g/mol. The van der Waals surface area contributed by atoms with Crippen molar-refractivity contribution in [3.63, 3.8) is 0 Å². The molecule has 130 valence electrons. The third kappa shape index (κ3) is 4.09. The van der Waals surface area contributed by atoms with Crippen LogP contribution in [0.25, 0.3) is 10.1 Å². The number of rotatable bonds is 6. The molecule has 1 aliphatic rings. The summed E-state index contributed by atoms with van der Waals surface area (Å²) in [6, 6.07) is 15.0. The largest absolute Gasteiger partial charge is 0.379 e. The Morgan fingerprint density at radius 3 is 2.64 bits per heavy atom. The third-order valence-corrected chi connectivity index (χ3v) is 6.17. The van der Waals surface area contributed by atoms with Crippen LogP contribution in [0, 0.1) is 0 Å². The van der Waals surface area contributed by atoms with Gasteiger partial charge in [0, 0.05) is 41.1 Å². The van der Waals surface area contributed by atoms with Gasteiger partial charge in [-0.2, -0.15) is 0 Å². The second-order valence-corrected chi connectivity index (χ2v) is 7.66. The van der Waals surface area contributed by atoms with Crippen LogP contribution in [0.15, 0.2) is 48.7 Å². The van der Waals surface area contributed by atoms with E-state index in [0.29, 0.717) is 0 Å². The minimum Gasteiger partial charge on any atom is -0.379 e. The molecule has 0 radical (unpaired) electrons. The van der Waals surface area contributed by atoms with Crippen molar-refractivity contribution >= 4 is 21.4 Å². The van der Waals surface area contributed by atoms with E-state index in [1.807, 2.05) is 23.6 Å². The predicted molar refractivity (Wildman–Crippen MR) is 104 cm³/mol. The molecule has 0 N–H and O–H groups in total. The van der Waals surface area contributed by atoms with E-state index in [1.165, 1.54) is 21.3 Å². The zero-order valence-electron chi connectivity index (χ0n) is 14.5. The number of morpholine rings is 1. The molecular formula is C21H24N2OS. The Balaban J connectivity index is 1.52. The van der Waals surface area contributed by atoms with Crippen molar-refractivity contribution in [1.82, 2.24) is 9.88 Å². The molecule has 0 saturated carbocycles. The SMILES string of the molecule is c1ccc(CCc2c(CCN3CCOCC3)sc3ccccc23)nc1. The number of aryl methyl sites for hydroxylation is 2. The number of pyridine rings is 1. The Morgan fingerprint density at radius 1 is 0.960 bits per heavy atom. The molecule has 0 unspecified atom stereocenters. The number of hydrogen-bond donors (Lipinski definition) is 0. The van der Waals surface area contributed by atoms with Crippen LogP contribution in [0.5, 0.6) is 0 Å². The maximum atomic E-state index is 5.47. The van der Waals surface area contributed by atoms with Crippen molar-refractivity contribution in [2.45, 2.75) is 19.3 Å². The van der Waals surface area contributed by atoms with Gasteiger partial charge in [-0.3, -0.25) is 9.88 Å². The summed E-state index contributed by atoms with van der Waals surface area (Å²) in [5.74, 6) is 0. The van der Waals surface area contributed by atoms with E-state index < -0.39 is 0 Å². The van der Waals surface area contributed by atoms with E-state index in [2.05, 4.69) is 46.3 Å². The van der Waals surface area contributed by atoms with Crippen LogP contribution in [0.3, 0.4) is 0 Å². The van der Waals surface area contributed by atoms with Crippen LogP contribution in [-0.2, 0) is 24.0 Å². The molecule has 0 bridgehead atoms. The van der Waals surface area contributed by atoms with Gasteiger partial charge in [0.25, 0.3) is 0 Å². The lowest BCUT2D eigenvalue weighted by atomic mass is 10.0. The summed E-state index contributed by atoms with van der Waals surface area (Å²) in [7, 11) is 0. The molecule has 0 aliphatic carbocycles. The van der Waals surface area contributed by atoms with E-state index in [9.17, 15) is 0 Å². The zero-order chi connectivity index (χ0) is 16.9. The first-order valence-electron chi connectivity index (χ1n) is 9.09. The first-order chi connectivity index (χ1) is 12.4. The quantitative estimate of drug-likeness (QED) is 0.671. The van der Waals surface area contributed by atoms with Gasteiger partial charge in [-0.05, 0) is 48.4 Å². The fraction of sp³-hybridized carbons (Fsp3) is 0.381. The average Bonchev–Trinajstić information content (AvgIpc) is 3.04. The summed E-state index contributed by atoms with van der Waals surface area (Å²) in [5, 5.41) is 1.43. The highest BCUT2D eigenvalue weighted by Gasteiger charge is 2.15. The van der Waals surface area contributed by atoms with Crippen LogP contribution in [0.1, 0.15) is 16.1 Å². The van der Waals surface area contributed by atoms with E-state index in [-0.39, 0.29) is 0 Å².